The maximum absolute atomic E-state index is 6.10. The third-order valence-corrected chi connectivity index (χ3v) is 4.38. The molecule has 1 N–H and O–H groups in total. The summed E-state index contributed by atoms with van der Waals surface area (Å²) in [5.74, 6) is 0. The van der Waals surface area contributed by atoms with Gasteiger partial charge in [0, 0.05) is 29.8 Å². The third-order valence-electron chi connectivity index (χ3n) is 4.14. The number of methoxy groups -OCH3 is 1. The van der Waals surface area contributed by atoms with Crippen molar-refractivity contribution >= 4 is 29.9 Å². The molecule has 1 aliphatic heterocycles. The van der Waals surface area contributed by atoms with Crippen LogP contribution in [0.5, 0.6) is 0 Å². The van der Waals surface area contributed by atoms with Gasteiger partial charge in [-0.2, -0.15) is 0 Å². The molecule has 1 aromatic rings. The Labute approximate surface area is 132 Å². The van der Waals surface area contributed by atoms with E-state index in [4.69, 9.17) is 25.6 Å². The van der Waals surface area contributed by atoms with Crippen molar-refractivity contribution in [3.05, 3.63) is 23.2 Å². The molecule has 1 heterocycles. The van der Waals surface area contributed by atoms with Gasteiger partial charge in [0.15, 0.2) is 0 Å². The standard InChI is InChI=1S/C15H23BClNO3/c1-14(2)15(3,4)21-16(20-14)12-7-6-11(17)10-13(12)18-8-9-19-5/h6-7,10,18H,8-9H2,1-5H3. The van der Waals surface area contributed by atoms with Crippen LogP contribution in [0.3, 0.4) is 0 Å². The van der Waals surface area contributed by atoms with Gasteiger partial charge in [0.05, 0.1) is 17.8 Å². The van der Waals surface area contributed by atoms with E-state index in [9.17, 15) is 0 Å². The number of hydrogen-bond donors (Lipinski definition) is 1. The summed E-state index contributed by atoms with van der Waals surface area (Å²) in [6.07, 6.45) is 0. The minimum absolute atomic E-state index is 0.360. The molecule has 6 heteroatoms. The summed E-state index contributed by atoms with van der Waals surface area (Å²) in [4.78, 5) is 0. The molecule has 1 fully saturated rings. The van der Waals surface area contributed by atoms with Crippen LogP contribution in [0.25, 0.3) is 0 Å². The van der Waals surface area contributed by atoms with Gasteiger partial charge < -0.3 is 19.4 Å². The number of anilines is 1. The first-order valence-electron chi connectivity index (χ1n) is 7.15. The predicted molar refractivity (Wildman–Crippen MR) is 87.5 cm³/mol. The first-order chi connectivity index (χ1) is 9.77. The molecule has 21 heavy (non-hydrogen) atoms. The lowest BCUT2D eigenvalue weighted by molar-refractivity contribution is 0.00578. The van der Waals surface area contributed by atoms with E-state index in [0.29, 0.717) is 18.2 Å². The van der Waals surface area contributed by atoms with Crippen molar-refractivity contribution in [2.24, 2.45) is 0 Å². The van der Waals surface area contributed by atoms with Gasteiger partial charge in [0.25, 0.3) is 0 Å². The molecule has 0 aromatic heterocycles. The Kier molecular flexibility index (Phi) is 4.88. The molecular weight excluding hydrogens is 288 g/mol. The van der Waals surface area contributed by atoms with Crippen LogP contribution in [0.15, 0.2) is 18.2 Å². The second kappa shape index (κ2) is 6.17. The summed E-state index contributed by atoms with van der Waals surface area (Å²) in [5.41, 5.74) is 1.15. The summed E-state index contributed by atoms with van der Waals surface area (Å²) in [6, 6.07) is 5.68. The van der Waals surface area contributed by atoms with Crippen molar-refractivity contribution in [3.8, 4) is 0 Å². The molecule has 4 nitrogen and oxygen atoms in total. The predicted octanol–water partition coefficient (Wildman–Crippen LogP) is 2.70. The largest absolute Gasteiger partial charge is 0.496 e. The van der Waals surface area contributed by atoms with Crippen LogP contribution in [0, 0.1) is 0 Å². The van der Waals surface area contributed by atoms with Crippen LogP contribution in [0.2, 0.25) is 5.02 Å². The highest BCUT2D eigenvalue weighted by molar-refractivity contribution is 6.64. The van der Waals surface area contributed by atoms with Crippen LogP contribution in [0.1, 0.15) is 27.7 Å². The van der Waals surface area contributed by atoms with E-state index in [-0.39, 0.29) is 11.2 Å². The molecule has 1 aliphatic rings. The fourth-order valence-electron chi connectivity index (χ4n) is 2.14. The maximum atomic E-state index is 6.10. The smallest absolute Gasteiger partial charge is 0.399 e. The topological polar surface area (TPSA) is 39.7 Å². The quantitative estimate of drug-likeness (QED) is 0.670. The Morgan fingerprint density at radius 1 is 1.19 bits per heavy atom. The zero-order valence-electron chi connectivity index (χ0n) is 13.3. The van der Waals surface area contributed by atoms with Crippen molar-refractivity contribution < 1.29 is 14.0 Å². The summed E-state index contributed by atoms with van der Waals surface area (Å²) >= 11 is 6.10. The van der Waals surface area contributed by atoms with Crippen LogP contribution in [-0.2, 0) is 14.0 Å². The molecule has 0 amide bonds. The first-order valence-corrected chi connectivity index (χ1v) is 7.52. The second-order valence-corrected chi connectivity index (χ2v) is 6.68. The van der Waals surface area contributed by atoms with Gasteiger partial charge in [0.2, 0.25) is 0 Å². The molecular formula is C15H23BClNO3. The summed E-state index contributed by atoms with van der Waals surface area (Å²) in [5, 5.41) is 3.99. The lowest BCUT2D eigenvalue weighted by atomic mass is 9.78. The number of benzene rings is 1. The van der Waals surface area contributed by atoms with Crippen molar-refractivity contribution in [2.75, 3.05) is 25.6 Å². The SMILES string of the molecule is COCCNc1cc(Cl)ccc1B1OC(C)(C)C(C)(C)O1. The molecule has 1 saturated heterocycles. The fourth-order valence-corrected chi connectivity index (χ4v) is 2.32. The van der Waals surface area contributed by atoms with Gasteiger partial charge in [0.1, 0.15) is 0 Å². The van der Waals surface area contributed by atoms with Crippen LogP contribution in [-0.4, -0.2) is 38.6 Å². The maximum Gasteiger partial charge on any atom is 0.496 e. The van der Waals surface area contributed by atoms with Gasteiger partial charge in [-0.1, -0.05) is 17.7 Å². The van der Waals surface area contributed by atoms with Crippen molar-refractivity contribution in [1.82, 2.24) is 0 Å². The monoisotopic (exact) mass is 311 g/mol. The van der Waals surface area contributed by atoms with Crippen LogP contribution in [0.4, 0.5) is 5.69 Å². The first kappa shape index (κ1) is 16.6. The lowest BCUT2D eigenvalue weighted by Crippen LogP contribution is -2.41. The summed E-state index contributed by atoms with van der Waals surface area (Å²) in [6.45, 7) is 9.49. The second-order valence-electron chi connectivity index (χ2n) is 6.24. The van der Waals surface area contributed by atoms with Crippen molar-refractivity contribution in [2.45, 2.75) is 38.9 Å². The van der Waals surface area contributed by atoms with Gasteiger partial charge in [-0.25, -0.2) is 0 Å². The minimum Gasteiger partial charge on any atom is -0.399 e. The van der Waals surface area contributed by atoms with Crippen molar-refractivity contribution in [1.29, 1.82) is 0 Å². The number of ether oxygens (including phenoxy) is 1. The van der Waals surface area contributed by atoms with E-state index in [1.54, 1.807) is 7.11 Å². The highest BCUT2D eigenvalue weighted by atomic mass is 35.5. The molecule has 0 saturated carbocycles. The number of halogens is 1. The average Bonchev–Trinajstić information content (AvgIpc) is 2.58. The van der Waals surface area contributed by atoms with E-state index in [1.807, 2.05) is 45.9 Å². The molecule has 0 atom stereocenters. The zero-order chi connectivity index (χ0) is 15.7. The normalized spacial score (nSPS) is 19.8. The third kappa shape index (κ3) is 3.54. The Hall–Kier alpha value is -0.745. The number of nitrogens with one attached hydrogen (secondary N) is 1. The fraction of sp³-hybridized carbons (Fsp3) is 0.600. The summed E-state index contributed by atoms with van der Waals surface area (Å²) < 4.78 is 17.3. The summed E-state index contributed by atoms with van der Waals surface area (Å²) in [7, 11) is 1.27. The molecule has 0 bridgehead atoms. The van der Waals surface area contributed by atoms with Crippen molar-refractivity contribution in [3.63, 3.8) is 0 Å². The highest BCUT2D eigenvalue weighted by Crippen LogP contribution is 2.37. The number of rotatable bonds is 5. The Bertz CT molecular complexity index is 492. The average molecular weight is 312 g/mol. The molecule has 116 valence electrons. The van der Waals surface area contributed by atoms with E-state index in [2.05, 4.69) is 5.32 Å². The van der Waals surface area contributed by atoms with E-state index < -0.39 is 7.12 Å². The van der Waals surface area contributed by atoms with Gasteiger partial charge >= 0.3 is 7.12 Å². The molecule has 0 spiro atoms. The Balaban J connectivity index is 2.24. The highest BCUT2D eigenvalue weighted by Gasteiger charge is 2.52. The van der Waals surface area contributed by atoms with E-state index >= 15 is 0 Å². The molecule has 0 radical (unpaired) electrons. The minimum atomic E-state index is -0.405. The lowest BCUT2D eigenvalue weighted by Gasteiger charge is -2.32. The van der Waals surface area contributed by atoms with Crippen LogP contribution >= 0.6 is 11.6 Å². The molecule has 2 rings (SSSR count). The van der Waals surface area contributed by atoms with Gasteiger partial charge in [-0.3, -0.25) is 0 Å². The Morgan fingerprint density at radius 2 is 1.81 bits per heavy atom. The molecule has 0 aliphatic carbocycles. The zero-order valence-corrected chi connectivity index (χ0v) is 14.1. The number of hydrogen-bond acceptors (Lipinski definition) is 4. The molecule has 0 unspecified atom stereocenters. The van der Waals surface area contributed by atoms with E-state index in [0.717, 1.165) is 11.2 Å². The Morgan fingerprint density at radius 3 is 2.38 bits per heavy atom. The van der Waals surface area contributed by atoms with Gasteiger partial charge in [-0.05, 0) is 39.8 Å². The van der Waals surface area contributed by atoms with Crippen LogP contribution < -0.4 is 10.8 Å². The van der Waals surface area contributed by atoms with E-state index in [1.165, 1.54) is 0 Å². The van der Waals surface area contributed by atoms with Gasteiger partial charge in [-0.15, -0.1) is 0 Å². The molecule has 1 aromatic carbocycles.